The van der Waals surface area contributed by atoms with Gasteiger partial charge in [0.05, 0.1) is 19.8 Å². The molecule has 0 unspecified atom stereocenters. The van der Waals surface area contributed by atoms with Crippen LogP contribution >= 0.6 is 0 Å². The van der Waals surface area contributed by atoms with E-state index in [1.807, 2.05) is 13.0 Å². The topological polar surface area (TPSA) is 52.6 Å². The fraction of sp³-hybridized carbons (Fsp3) is 0.385. The number of aryl methyl sites for hydroxylation is 2. The fourth-order valence-corrected chi connectivity index (χ4v) is 1.52. The molecule has 17 heavy (non-hydrogen) atoms. The first kappa shape index (κ1) is 13.2. The van der Waals surface area contributed by atoms with Gasteiger partial charge >= 0.3 is 11.9 Å². The molecule has 1 aromatic rings. The van der Waals surface area contributed by atoms with Crippen LogP contribution < -0.4 is 0 Å². The van der Waals surface area contributed by atoms with Crippen molar-refractivity contribution in [3.05, 3.63) is 34.9 Å². The summed E-state index contributed by atoms with van der Waals surface area (Å²) in [5, 5.41) is 0. The predicted molar refractivity (Wildman–Crippen MR) is 62.9 cm³/mol. The number of rotatable bonds is 4. The Morgan fingerprint density at radius 2 is 1.88 bits per heavy atom. The van der Waals surface area contributed by atoms with E-state index in [0.717, 1.165) is 11.1 Å². The highest BCUT2D eigenvalue weighted by atomic mass is 16.5. The van der Waals surface area contributed by atoms with E-state index < -0.39 is 0 Å². The van der Waals surface area contributed by atoms with Gasteiger partial charge in [-0.25, -0.2) is 4.79 Å². The zero-order chi connectivity index (χ0) is 12.8. The van der Waals surface area contributed by atoms with E-state index in [1.165, 1.54) is 14.2 Å². The van der Waals surface area contributed by atoms with Gasteiger partial charge in [0.25, 0.3) is 0 Å². The highest BCUT2D eigenvalue weighted by Gasteiger charge is 2.09. The molecule has 1 aromatic carbocycles. The molecule has 0 N–H and O–H groups in total. The van der Waals surface area contributed by atoms with Crippen LogP contribution in [-0.2, 0) is 20.7 Å². The second kappa shape index (κ2) is 6.03. The van der Waals surface area contributed by atoms with Crippen LogP contribution in [0.1, 0.15) is 27.9 Å². The normalized spacial score (nSPS) is 9.82. The maximum absolute atomic E-state index is 11.4. The van der Waals surface area contributed by atoms with Gasteiger partial charge in [-0.05, 0) is 36.6 Å². The van der Waals surface area contributed by atoms with Crippen LogP contribution in [-0.4, -0.2) is 26.2 Å². The van der Waals surface area contributed by atoms with E-state index in [0.29, 0.717) is 18.4 Å². The molecular formula is C13H16O4. The van der Waals surface area contributed by atoms with Gasteiger partial charge < -0.3 is 9.47 Å². The molecule has 0 saturated carbocycles. The van der Waals surface area contributed by atoms with Gasteiger partial charge in [0.15, 0.2) is 0 Å². The zero-order valence-electron chi connectivity index (χ0n) is 10.3. The number of carbonyl (C=O) groups excluding carboxylic acids is 2. The van der Waals surface area contributed by atoms with Crippen LogP contribution in [0.3, 0.4) is 0 Å². The third-order valence-corrected chi connectivity index (χ3v) is 2.60. The van der Waals surface area contributed by atoms with E-state index >= 15 is 0 Å². The largest absolute Gasteiger partial charge is 0.469 e. The average Bonchev–Trinajstić information content (AvgIpc) is 2.36. The molecule has 0 radical (unpaired) electrons. The van der Waals surface area contributed by atoms with E-state index in [1.54, 1.807) is 12.1 Å². The molecule has 0 bridgehead atoms. The van der Waals surface area contributed by atoms with Crippen molar-refractivity contribution in [3.63, 3.8) is 0 Å². The molecule has 0 aliphatic heterocycles. The number of methoxy groups -OCH3 is 2. The van der Waals surface area contributed by atoms with Gasteiger partial charge in [0.2, 0.25) is 0 Å². The number of benzene rings is 1. The maximum Gasteiger partial charge on any atom is 0.337 e. The van der Waals surface area contributed by atoms with E-state index in [4.69, 9.17) is 0 Å². The van der Waals surface area contributed by atoms with Gasteiger partial charge in [-0.3, -0.25) is 4.79 Å². The summed E-state index contributed by atoms with van der Waals surface area (Å²) in [5.74, 6) is -0.628. The van der Waals surface area contributed by atoms with Gasteiger partial charge in [0.1, 0.15) is 0 Å². The van der Waals surface area contributed by atoms with Crippen molar-refractivity contribution in [3.8, 4) is 0 Å². The molecule has 0 amide bonds. The molecule has 0 aliphatic rings. The first-order valence-electron chi connectivity index (χ1n) is 5.33. The molecule has 4 heteroatoms. The van der Waals surface area contributed by atoms with E-state index in [2.05, 4.69) is 9.47 Å². The lowest BCUT2D eigenvalue weighted by molar-refractivity contribution is -0.140. The molecule has 0 atom stereocenters. The maximum atomic E-state index is 11.4. The van der Waals surface area contributed by atoms with Gasteiger partial charge in [-0.1, -0.05) is 6.07 Å². The third kappa shape index (κ3) is 3.59. The molecule has 4 nitrogen and oxygen atoms in total. The lowest BCUT2D eigenvalue weighted by atomic mass is 10.0. The molecule has 0 aromatic heterocycles. The summed E-state index contributed by atoms with van der Waals surface area (Å²) in [6.45, 7) is 1.94. The minimum Gasteiger partial charge on any atom is -0.469 e. The second-order valence-corrected chi connectivity index (χ2v) is 3.71. The summed E-state index contributed by atoms with van der Waals surface area (Å²) >= 11 is 0. The van der Waals surface area contributed by atoms with Gasteiger partial charge in [0, 0.05) is 6.42 Å². The van der Waals surface area contributed by atoms with Gasteiger partial charge in [-0.2, -0.15) is 0 Å². The molecule has 0 heterocycles. The van der Waals surface area contributed by atoms with Crippen molar-refractivity contribution in [2.75, 3.05) is 14.2 Å². The SMILES string of the molecule is COC(=O)CCc1cc(C(=O)OC)ccc1C. The Hall–Kier alpha value is -1.84. The smallest absolute Gasteiger partial charge is 0.337 e. The predicted octanol–water partition coefficient (Wildman–Crippen LogP) is 1.89. The molecule has 92 valence electrons. The number of esters is 2. The number of carbonyl (C=O) groups is 2. The molecule has 0 fully saturated rings. The number of hydrogen-bond donors (Lipinski definition) is 0. The lowest BCUT2D eigenvalue weighted by Crippen LogP contribution is -2.05. The van der Waals surface area contributed by atoms with Crippen LogP contribution in [0.4, 0.5) is 0 Å². The van der Waals surface area contributed by atoms with Crippen molar-refractivity contribution in [2.45, 2.75) is 19.8 Å². The molecular weight excluding hydrogens is 220 g/mol. The quantitative estimate of drug-likeness (QED) is 0.749. The minimum absolute atomic E-state index is 0.257. The van der Waals surface area contributed by atoms with Crippen molar-refractivity contribution >= 4 is 11.9 Å². The Bertz CT molecular complexity index is 423. The Labute approximate surface area is 101 Å². The number of hydrogen-bond acceptors (Lipinski definition) is 4. The Kier molecular flexibility index (Phi) is 4.69. The summed E-state index contributed by atoms with van der Waals surface area (Å²) in [6.07, 6.45) is 0.866. The third-order valence-electron chi connectivity index (χ3n) is 2.60. The van der Waals surface area contributed by atoms with Crippen LogP contribution in [0.15, 0.2) is 18.2 Å². The van der Waals surface area contributed by atoms with Crippen molar-refractivity contribution in [1.82, 2.24) is 0 Å². The van der Waals surface area contributed by atoms with Crippen LogP contribution in [0.25, 0.3) is 0 Å². The summed E-state index contributed by atoms with van der Waals surface area (Å²) in [4.78, 5) is 22.4. The summed E-state index contributed by atoms with van der Waals surface area (Å²) < 4.78 is 9.23. The van der Waals surface area contributed by atoms with Gasteiger partial charge in [-0.15, -0.1) is 0 Å². The molecule has 1 rings (SSSR count). The molecule has 0 aliphatic carbocycles. The molecule has 0 saturated heterocycles. The average molecular weight is 236 g/mol. The fourth-order valence-electron chi connectivity index (χ4n) is 1.52. The van der Waals surface area contributed by atoms with Crippen molar-refractivity contribution < 1.29 is 19.1 Å². The zero-order valence-corrected chi connectivity index (χ0v) is 10.3. The summed E-state index contributed by atoms with van der Waals surface area (Å²) in [5.41, 5.74) is 2.50. The minimum atomic E-state index is -0.371. The Balaban J connectivity index is 2.83. The monoisotopic (exact) mass is 236 g/mol. The van der Waals surface area contributed by atoms with Crippen LogP contribution in [0, 0.1) is 6.92 Å². The van der Waals surface area contributed by atoms with E-state index in [-0.39, 0.29) is 11.9 Å². The highest BCUT2D eigenvalue weighted by molar-refractivity contribution is 5.89. The first-order chi connectivity index (χ1) is 8.08. The Morgan fingerprint density at radius 1 is 1.18 bits per heavy atom. The Morgan fingerprint density at radius 3 is 2.47 bits per heavy atom. The molecule has 0 spiro atoms. The first-order valence-corrected chi connectivity index (χ1v) is 5.33. The second-order valence-electron chi connectivity index (χ2n) is 3.71. The standard InChI is InChI=1S/C13H16O4/c1-9-4-5-11(13(15)17-3)8-10(9)6-7-12(14)16-2/h4-5,8H,6-7H2,1-3H3. The van der Waals surface area contributed by atoms with E-state index in [9.17, 15) is 9.59 Å². The summed E-state index contributed by atoms with van der Waals surface area (Å²) in [6, 6.07) is 5.31. The lowest BCUT2D eigenvalue weighted by Gasteiger charge is -2.07. The summed E-state index contributed by atoms with van der Waals surface area (Å²) in [7, 11) is 2.70. The van der Waals surface area contributed by atoms with Crippen molar-refractivity contribution in [1.29, 1.82) is 0 Å². The van der Waals surface area contributed by atoms with Crippen LogP contribution in [0.2, 0.25) is 0 Å². The van der Waals surface area contributed by atoms with Crippen LogP contribution in [0.5, 0.6) is 0 Å². The highest BCUT2D eigenvalue weighted by Crippen LogP contribution is 2.14. The van der Waals surface area contributed by atoms with Crippen molar-refractivity contribution in [2.24, 2.45) is 0 Å². The number of ether oxygens (including phenoxy) is 2.